The number of amides is 1. The maximum absolute atomic E-state index is 11.9. The van der Waals surface area contributed by atoms with E-state index in [9.17, 15) is 9.59 Å². The summed E-state index contributed by atoms with van der Waals surface area (Å²) in [5.41, 5.74) is 1.06. The maximum Gasteiger partial charge on any atom is 0.346 e. The summed E-state index contributed by atoms with van der Waals surface area (Å²) in [7, 11) is 0. The van der Waals surface area contributed by atoms with E-state index in [-0.39, 0.29) is 17.6 Å². The van der Waals surface area contributed by atoms with Crippen molar-refractivity contribution in [3.8, 4) is 11.3 Å². The molecule has 1 fully saturated rings. The average Bonchev–Trinajstić information content (AvgIpc) is 3.23. The minimum atomic E-state index is -0.512. The molecular formula is C14H13N3O2. The highest BCUT2D eigenvalue weighted by atomic mass is 16.2. The third kappa shape index (κ3) is 2.70. The Hall–Kier alpha value is -2.43. The largest absolute Gasteiger partial charge is 0.348 e. The second-order valence-electron chi connectivity index (χ2n) is 4.60. The molecule has 0 atom stereocenters. The van der Waals surface area contributed by atoms with Crippen LogP contribution >= 0.6 is 0 Å². The number of hydrogen-bond acceptors (Lipinski definition) is 3. The van der Waals surface area contributed by atoms with Gasteiger partial charge in [-0.2, -0.15) is 4.98 Å². The first-order chi connectivity index (χ1) is 9.22. The van der Waals surface area contributed by atoms with E-state index in [0.717, 1.165) is 18.4 Å². The number of aromatic nitrogens is 2. The number of aromatic amines is 1. The molecule has 1 aromatic carbocycles. The molecule has 5 nitrogen and oxygen atoms in total. The summed E-state index contributed by atoms with van der Waals surface area (Å²) < 4.78 is 0. The summed E-state index contributed by atoms with van der Waals surface area (Å²) in [5.74, 6) is -0.251. The van der Waals surface area contributed by atoms with E-state index < -0.39 is 5.69 Å². The Morgan fingerprint density at radius 2 is 2.00 bits per heavy atom. The molecule has 0 bridgehead atoms. The number of nitrogens with zero attached hydrogens (tertiary/aromatic N) is 1. The van der Waals surface area contributed by atoms with Crippen LogP contribution in [0.1, 0.15) is 23.3 Å². The van der Waals surface area contributed by atoms with Gasteiger partial charge in [0.25, 0.3) is 5.91 Å². The Bertz CT molecular complexity index is 660. The molecule has 5 heteroatoms. The Kier molecular flexibility index (Phi) is 2.87. The van der Waals surface area contributed by atoms with Gasteiger partial charge in [-0.1, -0.05) is 30.3 Å². The highest BCUT2D eigenvalue weighted by Crippen LogP contribution is 2.20. The van der Waals surface area contributed by atoms with E-state index in [4.69, 9.17) is 0 Å². The summed E-state index contributed by atoms with van der Waals surface area (Å²) in [6.07, 6.45) is 2.01. The molecule has 0 saturated heterocycles. The Labute approximate surface area is 109 Å². The molecule has 2 aromatic rings. The molecule has 19 heavy (non-hydrogen) atoms. The number of carbonyl (C=O) groups excluding carboxylic acids is 1. The second-order valence-corrected chi connectivity index (χ2v) is 4.60. The third-order valence-electron chi connectivity index (χ3n) is 2.97. The fourth-order valence-corrected chi connectivity index (χ4v) is 1.83. The van der Waals surface area contributed by atoms with E-state index in [1.54, 1.807) is 6.07 Å². The SMILES string of the molecule is O=C(NC1CC1)c1cc(-c2ccccc2)nc(=O)[nH]1. The van der Waals surface area contributed by atoms with Crippen molar-refractivity contribution in [3.05, 3.63) is 52.6 Å². The lowest BCUT2D eigenvalue weighted by molar-refractivity contribution is 0.0945. The number of nitrogens with one attached hydrogen (secondary N) is 2. The zero-order chi connectivity index (χ0) is 13.2. The highest BCUT2D eigenvalue weighted by Gasteiger charge is 2.24. The van der Waals surface area contributed by atoms with Gasteiger partial charge in [-0.25, -0.2) is 4.79 Å². The fourth-order valence-electron chi connectivity index (χ4n) is 1.83. The lowest BCUT2D eigenvalue weighted by Crippen LogP contribution is -2.28. The summed E-state index contributed by atoms with van der Waals surface area (Å²) >= 11 is 0. The van der Waals surface area contributed by atoms with Crippen molar-refractivity contribution in [2.45, 2.75) is 18.9 Å². The molecule has 0 radical (unpaired) electrons. The first-order valence-corrected chi connectivity index (χ1v) is 6.20. The van der Waals surface area contributed by atoms with Crippen LogP contribution in [0, 0.1) is 0 Å². The van der Waals surface area contributed by atoms with Gasteiger partial charge in [-0.3, -0.25) is 4.79 Å². The van der Waals surface area contributed by atoms with E-state index in [0.29, 0.717) is 5.69 Å². The predicted molar refractivity (Wildman–Crippen MR) is 70.8 cm³/mol. The molecule has 1 aliphatic rings. The van der Waals surface area contributed by atoms with Crippen molar-refractivity contribution in [3.63, 3.8) is 0 Å². The minimum Gasteiger partial charge on any atom is -0.348 e. The van der Waals surface area contributed by atoms with E-state index >= 15 is 0 Å². The standard InChI is InChI=1S/C14H13N3O2/c18-13(15-10-6-7-10)12-8-11(16-14(19)17-12)9-4-2-1-3-5-9/h1-5,8,10H,6-7H2,(H,15,18)(H,16,17,19). The Balaban J connectivity index is 1.95. The number of carbonyl (C=O) groups is 1. The van der Waals surface area contributed by atoms with Gasteiger partial charge < -0.3 is 10.3 Å². The van der Waals surface area contributed by atoms with Gasteiger partial charge in [-0.15, -0.1) is 0 Å². The molecule has 2 N–H and O–H groups in total. The summed E-state index contributed by atoms with van der Waals surface area (Å²) in [5, 5.41) is 2.84. The van der Waals surface area contributed by atoms with Gasteiger partial charge >= 0.3 is 5.69 Å². The van der Waals surface area contributed by atoms with Gasteiger partial charge in [0.15, 0.2) is 0 Å². The van der Waals surface area contributed by atoms with Gasteiger partial charge in [0, 0.05) is 11.6 Å². The van der Waals surface area contributed by atoms with Crippen molar-refractivity contribution in [1.82, 2.24) is 15.3 Å². The summed E-state index contributed by atoms with van der Waals surface area (Å²) in [6.45, 7) is 0. The Morgan fingerprint density at radius 3 is 2.68 bits per heavy atom. The zero-order valence-electron chi connectivity index (χ0n) is 10.2. The summed E-state index contributed by atoms with van der Waals surface area (Å²) in [4.78, 5) is 29.8. The minimum absolute atomic E-state index is 0.251. The van der Waals surface area contributed by atoms with Crippen molar-refractivity contribution in [1.29, 1.82) is 0 Å². The molecule has 0 spiro atoms. The second kappa shape index (κ2) is 4.68. The molecule has 1 aliphatic carbocycles. The van der Waals surface area contributed by atoms with Crippen LogP contribution in [0.4, 0.5) is 0 Å². The van der Waals surface area contributed by atoms with Crippen LogP contribution in [0.25, 0.3) is 11.3 Å². The number of H-pyrrole nitrogens is 1. The van der Waals surface area contributed by atoms with Crippen molar-refractivity contribution >= 4 is 5.91 Å². The molecule has 1 saturated carbocycles. The zero-order valence-corrected chi connectivity index (χ0v) is 10.2. The van der Waals surface area contributed by atoms with Gasteiger partial charge in [-0.05, 0) is 18.9 Å². The molecule has 96 valence electrons. The molecule has 3 rings (SSSR count). The van der Waals surface area contributed by atoms with Crippen LogP contribution in [-0.4, -0.2) is 21.9 Å². The summed E-state index contributed by atoms with van der Waals surface area (Å²) in [6, 6.07) is 11.2. The smallest absolute Gasteiger partial charge is 0.346 e. The lowest BCUT2D eigenvalue weighted by atomic mass is 10.1. The van der Waals surface area contributed by atoms with E-state index in [1.165, 1.54) is 0 Å². The van der Waals surface area contributed by atoms with Crippen LogP contribution in [0.5, 0.6) is 0 Å². The van der Waals surface area contributed by atoms with E-state index in [2.05, 4.69) is 15.3 Å². The molecule has 1 amide bonds. The normalized spacial score (nSPS) is 14.1. The van der Waals surface area contributed by atoms with Gasteiger partial charge in [0.2, 0.25) is 0 Å². The molecule has 0 aliphatic heterocycles. The fraction of sp³-hybridized carbons (Fsp3) is 0.214. The van der Waals surface area contributed by atoms with Crippen LogP contribution < -0.4 is 11.0 Å². The Morgan fingerprint density at radius 1 is 1.26 bits per heavy atom. The predicted octanol–water partition coefficient (Wildman–Crippen LogP) is 1.33. The first-order valence-electron chi connectivity index (χ1n) is 6.20. The number of hydrogen-bond donors (Lipinski definition) is 2. The average molecular weight is 255 g/mol. The first kappa shape index (κ1) is 11.6. The van der Waals surface area contributed by atoms with Crippen LogP contribution in [-0.2, 0) is 0 Å². The van der Waals surface area contributed by atoms with Crippen molar-refractivity contribution < 1.29 is 4.79 Å². The monoisotopic (exact) mass is 255 g/mol. The highest BCUT2D eigenvalue weighted by molar-refractivity contribution is 5.93. The van der Waals surface area contributed by atoms with Crippen LogP contribution in [0.2, 0.25) is 0 Å². The number of benzene rings is 1. The molecular weight excluding hydrogens is 242 g/mol. The van der Waals surface area contributed by atoms with Gasteiger partial charge in [0.05, 0.1) is 5.69 Å². The van der Waals surface area contributed by atoms with E-state index in [1.807, 2.05) is 30.3 Å². The topological polar surface area (TPSA) is 74.8 Å². The maximum atomic E-state index is 11.9. The molecule has 0 unspecified atom stereocenters. The number of rotatable bonds is 3. The van der Waals surface area contributed by atoms with Crippen LogP contribution in [0.3, 0.4) is 0 Å². The van der Waals surface area contributed by atoms with Crippen molar-refractivity contribution in [2.24, 2.45) is 0 Å². The third-order valence-corrected chi connectivity index (χ3v) is 2.97. The quantitative estimate of drug-likeness (QED) is 0.868. The van der Waals surface area contributed by atoms with Crippen molar-refractivity contribution in [2.75, 3.05) is 0 Å². The van der Waals surface area contributed by atoms with Crippen LogP contribution in [0.15, 0.2) is 41.2 Å². The molecule has 1 heterocycles. The molecule has 1 aromatic heterocycles. The van der Waals surface area contributed by atoms with Gasteiger partial charge in [0.1, 0.15) is 5.69 Å². The lowest BCUT2D eigenvalue weighted by Gasteiger charge is -2.05.